The molecule has 1 N–H and O–H groups in total. The molecule has 0 spiro atoms. The quantitative estimate of drug-likeness (QED) is 0.374. The van der Waals surface area contributed by atoms with E-state index in [1.54, 1.807) is 38.1 Å². The lowest BCUT2D eigenvalue weighted by molar-refractivity contribution is -0.116. The minimum atomic E-state index is -0.464. The SMILES string of the molecule is Cc1ccc(-c2c(C)sc3ncn(CC(=O)Nc4cccc(C(=O)OC(C)C)c4)c(=O)c23)cc1C. The summed E-state index contributed by atoms with van der Waals surface area (Å²) in [7, 11) is 0. The molecule has 0 saturated heterocycles. The lowest BCUT2D eigenvalue weighted by atomic mass is 9.99. The van der Waals surface area contributed by atoms with Crippen LogP contribution < -0.4 is 10.9 Å². The molecule has 2 aromatic carbocycles. The first-order chi connectivity index (χ1) is 16.6. The topological polar surface area (TPSA) is 90.3 Å². The number of anilines is 1. The molecule has 35 heavy (non-hydrogen) atoms. The maximum atomic E-state index is 13.4. The van der Waals surface area contributed by atoms with E-state index in [2.05, 4.69) is 16.4 Å². The van der Waals surface area contributed by atoms with Crippen molar-refractivity contribution in [2.24, 2.45) is 0 Å². The van der Waals surface area contributed by atoms with Crippen LogP contribution in [-0.4, -0.2) is 27.5 Å². The van der Waals surface area contributed by atoms with Crippen LogP contribution in [0.4, 0.5) is 5.69 Å². The highest BCUT2D eigenvalue weighted by Gasteiger charge is 2.18. The summed E-state index contributed by atoms with van der Waals surface area (Å²) in [5, 5.41) is 3.27. The maximum absolute atomic E-state index is 13.4. The zero-order chi connectivity index (χ0) is 25.3. The summed E-state index contributed by atoms with van der Waals surface area (Å²) in [6.45, 7) is 9.41. The van der Waals surface area contributed by atoms with Crippen molar-refractivity contribution in [3.8, 4) is 11.1 Å². The van der Waals surface area contributed by atoms with E-state index in [1.807, 2.05) is 32.9 Å². The fourth-order valence-electron chi connectivity index (χ4n) is 3.86. The van der Waals surface area contributed by atoms with Crippen molar-refractivity contribution < 1.29 is 14.3 Å². The molecule has 0 atom stereocenters. The van der Waals surface area contributed by atoms with Crippen LogP contribution in [0.3, 0.4) is 0 Å². The number of carbonyl (C=O) groups excluding carboxylic acids is 2. The number of benzene rings is 2. The van der Waals surface area contributed by atoms with Crippen molar-refractivity contribution in [3.63, 3.8) is 0 Å². The maximum Gasteiger partial charge on any atom is 0.338 e. The predicted molar refractivity (Wildman–Crippen MR) is 139 cm³/mol. The molecule has 0 fully saturated rings. The zero-order valence-electron chi connectivity index (χ0n) is 20.3. The number of hydrogen-bond acceptors (Lipinski definition) is 6. The van der Waals surface area contributed by atoms with Gasteiger partial charge in [0.05, 0.1) is 23.4 Å². The number of aromatic nitrogens is 2. The van der Waals surface area contributed by atoms with E-state index in [9.17, 15) is 14.4 Å². The standard InChI is InChI=1S/C27H27N3O4S/c1-15(2)34-27(33)20-7-6-8-21(12-20)29-22(31)13-30-14-28-25-24(26(30)32)23(18(5)35-25)19-10-9-16(3)17(4)11-19/h6-12,14-15H,13H2,1-5H3,(H,29,31). The number of rotatable bonds is 6. The van der Waals surface area contributed by atoms with Gasteiger partial charge >= 0.3 is 5.97 Å². The molecule has 4 aromatic rings. The molecule has 8 heteroatoms. The van der Waals surface area contributed by atoms with Gasteiger partial charge in [-0.15, -0.1) is 11.3 Å². The lowest BCUT2D eigenvalue weighted by Crippen LogP contribution is -2.27. The molecule has 0 radical (unpaired) electrons. The number of ether oxygens (including phenoxy) is 1. The van der Waals surface area contributed by atoms with Crippen LogP contribution in [0, 0.1) is 20.8 Å². The summed E-state index contributed by atoms with van der Waals surface area (Å²) in [5.74, 6) is -0.865. The molecule has 0 saturated carbocycles. The third-order valence-electron chi connectivity index (χ3n) is 5.69. The van der Waals surface area contributed by atoms with Gasteiger partial charge in [-0.2, -0.15) is 0 Å². The number of hydrogen-bond donors (Lipinski definition) is 1. The van der Waals surface area contributed by atoms with Crippen molar-refractivity contribution in [3.05, 3.63) is 80.7 Å². The monoisotopic (exact) mass is 489 g/mol. The molecular weight excluding hydrogens is 462 g/mol. The van der Waals surface area contributed by atoms with Gasteiger partial charge in [0.1, 0.15) is 11.4 Å². The van der Waals surface area contributed by atoms with Crippen LogP contribution in [0.15, 0.2) is 53.6 Å². The third-order valence-corrected chi connectivity index (χ3v) is 6.70. The van der Waals surface area contributed by atoms with E-state index in [0.717, 1.165) is 21.6 Å². The Balaban J connectivity index is 1.61. The minimum Gasteiger partial charge on any atom is -0.459 e. The summed E-state index contributed by atoms with van der Waals surface area (Å²) in [4.78, 5) is 44.4. The number of fused-ring (bicyclic) bond motifs is 1. The molecule has 2 heterocycles. The smallest absolute Gasteiger partial charge is 0.338 e. The summed E-state index contributed by atoms with van der Waals surface area (Å²) in [6.07, 6.45) is 1.16. The van der Waals surface area contributed by atoms with Gasteiger partial charge in [0, 0.05) is 16.1 Å². The Morgan fingerprint density at radius 3 is 2.57 bits per heavy atom. The highest BCUT2D eigenvalue weighted by molar-refractivity contribution is 7.19. The normalized spacial score (nSPS) is 11.1. The van der Waals surface area contributed by atoms with Crippen LogP contribution >= 0.6 is 11.3 Å². The van der Waals surface area contributed by atoms with E-state index in [-0.39, 0.29) is 18.2 Å². The number of aryl methyl sites for hydroxylation is 3. The van der Waals surface area contributed by atoms with Crippen molar-refractivity contribution in [2.75, 3.05) is 5.32 Å². The molecule has 0 unspecified atom stereocenters. The summed E-state index contributed by atoms with van der Waals surface area (Å²) in [5.41, 5.74) is 4.65. The van der Waals surface area contributed by atoms with E-state index < -0.39 is 11.9 Å². The van der Waals surface area contributed by atoms with Crippen molar-refractivity contribution in [1.29, 1.82) is 0 Å². The Bertz CT molecular complexity index is 1500. The predicted octanol–water partition coefficient (Wildman–Crippen LogP) is 5.25. The van der Waals surface area contributed by atoms with Crippen molar-refractivity contribution in [2.45, 2.75) is 47.3 Å². The van der Waals surface area contributed by atoms with Crippen molar-refractivity contribution >= 4 is 39.1 Å². The molecule has 0 aliphatic rings. The highest BCUT2D eigenvalue weighted by atomic mass is 32.1. The zero-order valence-corrected chi connectivity index (χ0v) is 21.2. The van der Waals surface area contributed by atoms with Gasteiger partial charge in [-0.25, -0.2) is 9.78 Å². The largest absolute Gasteiger partial charge is 0.459 e. The van der Waals surface area contributed by atoms with E-state index in [0.29, 0.717) is 21.5 Å². The fourth-order valence-corrected chi connectivity index (χ4v) is 4.86. The van der Waals surface area contributed by atoms with Gasteiger partial charge in [0.25, 0.3) is 5.56 Å². The Hall–Kier alpha value is -3.78. The Kier molecular flexibility index (Phi) is 6.84. The molecule has 2 aromatic heterocycles. The van der Waals surface area contributed by atoms with Gasteiger partial charge in [0.2, 0.25) is 5.91 Å². The highest BCUT2D eigenvalue weighted by Crippen LogP contribution is 2.36. The van der Waals surface area contributed by atoms with Gasteiger partial charge in [0.15, 0.2) is 0 Å². The Morgan fingerprint density at radius 1 is 1.09 bits per heavy atom. The van der Waals surface area contributed by atoms with E-state index in [1.165, 1.54) is 27.8 Å². The van der Waals surface area contributed by atoms with Crippen LogP contribution in [0.25, 0.3) is 21.3 Å². The lowest BCUT2D eigenvalue weighted by Gasteiger charge is -2.11. The van der Waals surface area contributed by atoms with Gasteiger partial charge in [-0.3, -0.25) is 14.2 Å². The first kappa shape index (κ1) is 24.3. The second-order valence-electron chi connectivity index (χ2n) is 8.77. The second kappa shape index (κ2) is 9.84. The first-order valence-electron chi connectivity index (χ1n) is 11.3. The van der Waals surface area contributed by atoms with Crippen LogP contribution in [-0.2, 0) is 16.1 Å². The third kappa shape index (κ3) is 5.17. The Labute approximate surface area is 207 Å². The molecule has 7 nitrogen and oxygen atoms in total. The number of amides is 1. The van der Waals surface area contributed by atoms with E-state index >= 15 is 0 Å². The van der Waals surface area contributed by atoms with Crippen LogP contribution in [0.2, 0.25) is 0 Å². The number of nitrogens with one attached hydrogen (secondary N) is 1. The molecule has 0 aliphatic heterocycles. The summed E-state index contributed by atoms with van der Waals surface area (Å²) in [6, 6.07) is 12.6. The average molecular weight is 490 g/mol. The summed E-state index contributed by atoms with van der Waals surface area (Å²) < 4.78 is 6.52. The first-order valence-corrected chi connectivity index (χ1v) is 12.1. The van der Waals surface area contributed by atoms with Gasteiger partial charge < -0.3 is 10.1 Å². The average Bonchev–Trinajstić information content (AvgIpc) is 3.14. The van der Waals surface area contributed by atoms with E-state index in [4.69, 9.17) is 4.74 Å². The van der Waals surface area contributed by atoms with Gasteiger partial charge in [-0.1, -0.05) is 24.3 Å². The molecule has 1 amide bonds. The van der Waals surface area contributed by atoms with Crippen molar-refractivity contribution in [1.82, 2.24) is 9.55 Å². The van der Waals surface area contributed by atoms with Crippen LogP contribution in [0.1, 0.15) is 40.2 Å². The number of esters is 1. The molecular formula is C27H27N3O4S. The molecule has 0 bridgehead atoms. The number of carbonyl (C=O) groups is 2. The molecule has 4 rings (SSSR count). The fraction of sp³-hybridized carbons (Fsp3) is 0.259. The van der Waals surface area contributed by atoms with Crippen LogP contribution in [0.5, 0.6) is 0 Å². The second-order valence-corrected chi connectivity index (χ2v) is 9.98. The Morgan fingerprint density at radius 2 is 1.86 bits per heavy atom. The van der Waals surface area contributed by atoms with Gasteiger partial charge in [-0.05, 0) is 69.5 Å². The summed E-state index contributed by atoms with van der Waals surface area (Å²) >= 11 is 1.47. The number of nitrogens with zero attached hydrogens (tertiary/aromatic N) is 2. The molecule has 180 valence electrons. The minimum absolute atomic E-state index is 0.205. The molecule has 0 aliphatic carbocycles. The number of thiophene rings is 1.